The molecule has 0 bridgehead atoms. The van der Waals surface area contributed by atoms with Crippen molar-refractivity contribution in [3.63, 3.8) is 0 Å². The largest absolute Gasteiger partial charge is 0.493 e. The third kappa shape index (κ3) is 5.90. The Hall–Kier alpha value is -2.90. The predicted octanol–water partition coefficient (Wildman–Crippen LogP) is 4.92. The van der Waals surface area contributed by atoms with E-state index in [-0.39, 0.29) is 0 Å². The number of ether oxygens (including phenoxy) is 2. The van der Waals surface area contributed by atoms with E-state index in [9.17, 15) is 0 Å². The highest BCUT2D eigenvalue weighted by Crippen LogP contribution is 2.37. The second-order valence-corrected chi connectivity index (χ2v) is 10.4. The van der Waals surface area contributed by atoms with Crippen LogP contribution in [0.4, 0.5) is 5.82 Å². The molecule has 3 aromatic rings. The van der Waals surface area contributed by atoms with Crippen molar-refractivity contribution in [2.75, 3.05) is 52.7 Å². The third-order valence-corrected chi connectivity index (χ3v) is 7.61. The highest BCUT2D eigenvalue weighted by atomic mass is 16.5. The lowest BCUT2D eigenvalue weighted by Gasteiger charge is -2.30. The van der Waals surface area contributed by atoms with Gasteiger partial charge in [0.2, 0.25) is 0 Å². The molecule has 0 spiro atoms. The van der Waals surface area contributed by atoms with E-state index in [1.54, 1.807) is 7.11 Å². The lowest BCUT2D eigenvalue weighted by atomic mass is 9.99. The van der Waals surface area contributed by atoms with Gasteiger partial charge in [0.25, 0.3) is 0 Å². The Balaban J connectivity index is 1.50. The molecule has 0 amide bonds. The van der Waals surface area contributed by atoms with Gasteiger partial charge in [0, 0.05) is 23.4 Å². The quantitative estimate of drug-likeness (QED) is 0.505. The fourth-order valence-electron chi connectivity index (χ4n) is 5.30. The van der Waals surface area contributed by atoms with Crippen LogP contribution in [-0.2, 0) is 6.61 Å². The SMILES string of the molecule is COc1cc2c(NC3CCN(C)CC3)nc(C3CCCN(C)CC3)nc2cc1OCc1ccccc1. The van der Waals surface area contributed by atoms with Gasteiger partial charge in [-0.15, -0.1) is 0 Å². The van der Waals surface area contributed by atoms with Crippen LogP contribution in [0, 0.1) is 0 Å². The van der Waals surface area contributed by atoms with Crippen LogP contribution in [0.5, 0.6) is 11.5 Å². The smallest absolute Gasteiger partial charge is 0.163 e. The number of likely N-dealkylation sites (tertiary alicyclic amines) is 2. The predicted molar refractivity (Wildman–Crippen MR) is 145 cm³/mol. The van der Waals surface area contributed by atoms with Gasteiger partial charge in [-0.25, -0.2) is 9.97 Å². The summed E-state index contributed by atoms with van der Waals surface area (Å²) in [5.74, 6) is 3.66. The fourth-order valence-corrected chi connectivity index (χ4v) is 5.30. The average Bonchev–Trinajstić information content (AvgIpc) is 3.13. The molecule has 1 N–H and O–H groups in total. The number of benzene rings is 2. The standard InChI is InChI=1S/C29H39N5O2/c1-33-14-7-10-22(11-15-33)28-31-25-19-27(36-20-21-8-5-4-6-9-21)26(35-3)18-24(25)29(32-28)30-23-12-16-34(2)17-13-23/h4-6,8-9,18-19,22-23H,7,10-17,20H2,1-3H3,(H,30,31,32). The van der Waals surface area contributed by atoms with Crippen LogP contribution in [0.2, 0.25) is 0 Å². The molecular weight excluding hydrogens is 450 g/mol. The average molecular weight is 490 g/mol. The van der Waals surface area contributed by atoms with Crippen molar-refractivity contribution >= 4 is 16.7 Å². The molecule has 2 fully saturated rings. The van der Waals surface area contributed by atoms with Crippen molar-refractivity contribution < 1.29 is 9.47 Å². The van der Waals surface area contributed by atoms with Crippen LogP contribution in [0.3, 0.4) is 0 Å². The van der Waals surface area contributed by atoms with Crippen molar-refractivity contribution in [3.05, 3.63) is 53.9 Å². The number of hydrogen-bond donors (Lipinski definition) is 1. The molecule has 3 heterocycles. The molecule has 192 valence electrons. The minimum absolute atomic E-state index is 0.369. The van der Waals surface area contributed by atoms with Crippen molar-refractivity contribution in [2.24, 2.45) is 0 Å². The highest BCUT2D eigenvalue weighted by Gasteiger charge is 2.24. The van der Waals surface area contributed by atoms with Gasteiger partial charge in [0.15, 0.2) is 11.5 Å². The van der Waals surface area contributed by atoms with E-state index in [2.05, 4.69) is 41.3 Å². The minimum Gasteiger partial charge on any atom is -0.493 e. The molecule has 0 aliphatic carbocycles. The Morgan fingerprint density at radius 3 is 2.42 bits per heavy atom. The van der Waals surface area contributed by atoms with E-state index in [4.69, 9.17) is 19.4 Å². The van der Waals surface area contributed by atoms with Gasteiger partial charge < -0.3 is 24.6 Å². The maximum absolute atomic E-state index is 6.23. The van der Waals surface area contributed by atoms with E-state index in [1.807, 2.05) is 30.3 Å². The third-order valence-electron chi connectivity index (χ3n) is 7.61. The van der Waals surface area contributed by atoms with E-state index in [1.165, 1.54) is 6.42 Å². The molecule has 0 radical (unpaired) electrons. The van der Waals surface area contributed by atoms with Crippen LogP contribution >= 0.6 is 0 Å². The Kier molecular flexibility index (Phi) is 7.87. The van der Waals surface area contributed by atoms with E-state index in [0.717, 1.165) is 80.0 Å². The first kappa shape index (κ1) is 24.8. The van der Waals surface area contributed by atoms with Gasteiger partial charge in [-0.05, 0) is 84.0 Å². The molecular formula is C29H39N5O2. The second kappa shape index (κ2) is 11.4. The van der Waals surface area contributed by atoms with Crippen LogP contribution in [0.1, 0.15) is 49.4 Å². The summed E-state index contributed by atoms with van der Waals surface area (Å²) in [6.45, 7) is 4.90. The number of anilines is 1. The van der Waals surface area contributed by atoms with Crippen molar-refractivity contribution in [3.8, 4) is 11.5 Å². The summed E-state index contributed by atoms with van der Waals surface area (Å²) in [5.41, 5.74) is 2.03. The van der Waals surface area contributed by atoms with Crippen LogP contribution in [0.25, 0.3) is 10.9 Å². The van der Waals surface area contributed by atoms with Gasteiger partial charge in [0.1, 0.15) is 18.2 Å². The van der Waals surface area contributed by atoms with Gasteiger partial charge in [0.05, 0.1) is 12.6 Å². The van der Waals surface area contributed by atoms with Gasteiger partial charge in [-0.1, -0.05) is 30.3 Å². The summed E-state index contributed by atoms with van der Waals surface area (Å²) in [6.07, 6.45) is 5.61. The summed E-state index contributed by atoms with van der Waals surface area (Å²) in [6, 6.07) is 14.7. The van der Waals surface area contributed by atoms with E-state index < -0.39 is 0 Å². The molecule has 2 saturated heterocycles. The first-order valence-corrected chi connectivity index (χ1v) is 13.3. The zero-order valence-electron chi connectivity index (χ0n) is 21.9. The molecule has 0 saturated carbocycles. The van der Waals surface area contributed by atoms with Crippen molar-refractivity contribution in [1.29, 1.82) is 0 Å². The zero-order chi connectivity index (χ0) is 24.9. The normalized spacial score (nSPS) is 20.2. The molecule has 5 rings (SSSR count). The molecule has 2 aliphatic rings. The Morgan fingerprint density at radius 1 is 0.889 bits per heavy atom. The number of hydrogen-bond acceptors (Lipinski definition) is 7. The van der Waals surface area contributed by atoms with Gasteiger partial charge >= 0.3 is 0 Å². The number of aromatic nitrogens is 2. The molecule has 1 unspecified atom stereocenters. The number of rotatable bonds is 7. The summed E-state index contributed by atoms with van der Waals surface area (Å²) in [7, 11) is 6.09. The van der Waals surface area contributed by atoms with Crippen molar-refractivity contribution in [1.82, 2.24) is 19.8 Å². The monoisotopic (exact) mass is 489 g/mol. The van der Waals surface area contributed by atoms with Gasteiger partial charge in [-0.2, -0.15) is 0 Å². The van der Waals surface area contributed by atoms with Crippen LogP contribution in [0.15, 0.2) is 42.5 Å². The van der Waals surface area contributed by atoms with Crippen LogP contribution in [-0.4, -0.2) is 73.2 Å². The molecule has 2 aliphatic heterocycles. The Bertz CT molecular complexity index is 1150. The summed E-state index contributed by atoms with van der Waals surface area (Å²) in [5, 5.41) is 4.79. The Morgan fingerprint density at radius 2 is 1.64 bits per heavy atom. The molecule has 7 heteroatoms. The lowest BCUT2D eigenvalue weighted by Crippen LogP contribution is -2.37. The number of nitrogens with one attached hydrogen (secondary N) is 1. The number of fused-ring (bicyclic) bond motifs is 1. The topological polar surface area (TPSA) is 62.8 Å². The van der Waals surface area contributed by atoms with E-state index >= 15 is 0 Å². The number of nitrogens with zero attached hydrogens (tertiary/aromatic N) is 4. The van der Waals surface area contributed by atoms with E-state index in [0.29, 0.717) is 30.1 Å². The van der Waals surface area contributed by atoms with Crippen LogP contribution < -0.4 is 14.8 Å². The second-order valence-electron chi connectivity index (χ2n) is 10.4. The maximum atomic E-state index is 6.23. The first-order valence-electron chi connectivity index (χ1n) is 13.3. The molecule has 7 nitrogen and oxygen atoms in total. The van der Waals surface area contributed by atoms with Gasteiger partial charge in [-0.3, -0.25) is 0 Å². The molecule has 1 aromatic heterocycles. The molecule has 2 aromatic carbocycles. The van der Waals surface area contributed by atoms with Crippen molar-refractivity contribution in [2.45, 2.75) is 50.7 Å². The number of piperidine rings is 1. The molecule has 36 heavy (non-hydrogen) atoms. The summed E-state index contributed by atoms with van der Waals surface area (Å²) >= 11 is 0. The Labute approximate surface area is 214 Å². The zero-order valence-corrected chi connectivity index (χ0v) is 21.9. The minimum atomic E-state index is 0.369. The summed E-state index contributed by atoms with van der Waals surface area (Å²) in [4.78, 5) is 15.1. The fraction of sp³-hybridized carbons (Fsp3) is 0.517. The molecule has 1 atom stereocenters. The lowest BCUT2D eigenvalue weighted by molar-refractivity contribution is 0.263. The maximum Gasteiger partial charge on any atom is 0.163 e. The highest BCUT2D eigenvalue weighted by molar-refractivity contribution is 5.92. The first-order chi connectivity index (χ1) is 17.6. The number of methoxy groups -OCH3 is 1. The summed E-state index contributed by atoms with van der Waals surface area (Å²) < 4.78 is 12.0.